The first-order chi connectivity index (χ1) is 8.86. The van der Waals surface area contributed by atoms with Gasteiger partial charge in [-0.2, -0.15) is 0 Å². The Morgan fingerprint density at radius 1 is 1.37 bits per heavy atom. The number of aryl methyl sites for hydroxylation is 1. The van der Waals surface area contributed by atoms with E-state index < -0.39 is 0 Å². The number of aromatic nitrogens is 2. The van der Waals surface area contributed by atoms with Gasteiger partial charge < -0.3 is 5.73 Å². The molecule has 0 saturated heterocycles. The van der Waals surface area contributed by atoms with Crippen molar-refractivity contribution in [3.8, 4) is 0 Å². The molecule has 0 bridgehead atoms. The molecule has 0 fully saturated rings. The molecule has 2 rings (SSSR count). The zero-order valence-corrected chi connectivity index (χ0v) is 12.8. The third-order valence-electron chi connectivity index (χ3n) is 3.03. The molecule has 0 radical (unpaired) electrons. The maximum atomic E-state index is 6.22. The van der Waals surface area contributed by atoms with Crippen molar-refractivity contribution in [1.29, 1.82) is 0 Å². The van der Waals surface area contributed by atoms with Crippen LogP contribution >= 0.6 is 11.3 Å². The molecule has 2 N–H and O–H groups in total. The van der Waals surface area contributed by atoms with E-state index in [0.29, 0.717) is 0 Å². The SMILES string of the molecule is Cc1ccnc(C(N)Cc2nc(C(C)(C)C)cs2)c1. The summed E-state index contributed by atoms with van der Waals surface area (Å²) in [5.41, 5.74) is 9.58. The fourth-order valence-electron chi connectivity index (χ4n) is 1.80. The molecule has 0 spiro atoms. The van der Waals surface area contributed by atoms with Crippen molar-refractivity contribution in [1.82, 2.24) is 9.97 Å². The third kappa shape index (κ3) is 3.61. The molecule has 19 heavy (non-hydrogen) atoms. The predicted molar refractivity (Wildman–Crippen MR) is 80.4 cm³/mol. The normalized spacial score (nSPS) is 13.5. The Labute approximate surface area is 118 Å². The number of hydrogen-bond acceptors (Lipinski definition) is 4. The largest absolute Gasteiger partial charge is 0.322 e. The van der Waals surface area contributed by atoms with E-state index in [0.717, 1.165) is 22.8 Å². The monoisotopic (exact) mass is 275 g/mol. The van der Waals surface area contributed by atoms with Gasteiger partial charge in [-0.25, -0.2) is 4.98 Å². The Morgan fingerprint density at radius 3 is 2.68 bits per heavy atom. The summed E-state index contributed by atoms with van der Waals surface area (Å²) in [6.45, 7) is 8.58. The van der Waals surface area contributed by atoms with Crippen LogP contribution in [0.5, 0.6) is 0 Å². The summed E-state index contributed by atoms with van der Waals surface area (Å²) in [6.07, 6.45) is 2.56. The summed E-state index contributed by atoms with van der Waals surface area (Å²) in [5.74, 6) is 0. The minimum Gasteiger partial charge on any atom is -0.322 e. The highest BCUT2D eigenvalue weighted by molar-refractivity contribution is 7.09. The van der Waals surface area contributed by atoms with Gasteiger partial charge in [0.05, 0.1) is 22.4 Å². The Bertz CT molecular complexity index is 555. The molecule has 2 heterocycles. The molecule has 2 aromatic heterocycles. The van der Waals surface area contributed by atoms with Crippen molar-refractivity contribution < 1.29 is 0 Å². The predicted octanol–water partition coefficient (Wildman–Crippen LogP) is 3.39. The molecular formula is C15H21N3S. The minimum atomic E-state index is -0.0844. The van der Waals surface area contributed by atoms with E-state index in [1.165, 1.54) is 5.56 Å². The molecule has 0 saturated carbocycles. The van der Waals surface area contributed by atoms with Crippen molar-refractivity contribution in [2.24, 2.45) is 5.73 Å². The molecule has 4 heteroatoms. The molecule has 0 amide bonds. The van der Waals surface area contributed by atoms with Gasteiger partial charge in [0.15, 0.2) is 0 Å². The van der Waals surface area contributed by atoms with E-state index in [9.17, 15) is 0 Å². The first-order valence-electron chi connectivity index (χ1n) is 6.49. The van der Waals surface area contributed by atoms with Crippen LogP contribution < -0.4 is 5.73 Å². The third-order valence-corrected chi connectivity index (χ3v) is 3.90. The lowest BCUT2D eigenvalue weighted by molar-refractivity contribution is 0.568. The van der Waals surface area contributed by atoms with Gasteiger partial charge in [-0.05, 0) is 24.6 Å². The summed E-state index contributed by atoms with van der Waals surface area (Å²) in [5, 5.41) is 3.21. The topological polar surface area (TPSA) is 51.8 Å². The fraction of sp³-hybridized carbons (Fsp3) is 0.467. The Balaban J connectivity index is 2.11. The quantitative estimate of drug-likeness (QED) is 0.934. The second-order valence-corrected chi connectivity index (χ2v) is 6.89. The van der Waals surface area contributed by atoms with Gasteiger partial charge in [-0.1, -0.05) is 20.8 Å². The maximum Gasteiger partial charge on any atom is 0.0948 e. The summed E-state index contributed by atoms with van der Waals surface area (Å²) in [4.78, 5) is 9.02. The highest BCUT2D eigenvalue weighted by atomic mass is 32.1. The van der Waals surface area contributed by atoms with Gasteiger partial charge in [-0.15, -0.1) is 11.3 Å². The number of nitrogens with zero attached hydrogens (tertiary/aromatic N) is 2. The van der Waals surface area contributed by atoms with Crippen LogP contribution in [-0.4, -0.2) is 9.97 Å². The second kappa shape index (κ2) is 5.39. The number of pyridine rings is 1. The van der Waals surface area contributed by atoms with E-state index in [-0.39, 0.29) is 11.5 Å². The number of nitrogens with two attached hydrogens (primary N) is 1. The number of rotatable bonds is 3. The molecule has 0 aliphatic carbocycles. The summed E-state index contributed by atoms with van der Waals surface area (Å²) < 4.78 is 0. The zero-order valence-electron chi connectivity index (χ0n) is 12.0. The van der Waals surface area contributed by atoms with Crippen LogP contribution in [0, 0.1) is 6.92 Å². The van der Waals surface area contributed by atoms with E-state index >= 15 is 0 Å². The van der Waals surface area contributed by atoms with Crippen LogP contribution in [0.3, 0.4) is 0 Å². The highest BCUT2D eigenvalue weighted by Gasteiger charge is 2.18. The van der Waals surface area contributed by atoms with Gasteiger partial charge in [0.1, 0.15) is 0 Å². The highest BCUT2D eigenvalue weighted by Crippen LogP contribution is 2.25. The average Bonchev–Trinajstić information content (AvgIpc) is 2.77. The number of thiazole rings is 1. The lowest BCUT2D eigenvalue weighted by Gasteiger charge is -2.14. The standard InChI is InChI=1S/C15H21N3S/c1-10-5-6-17-12(7-10)11(16)8-14-18-13(9-19-14)15(2,3)4/h5-7,9,11H,8,16H2,1-4H3. The molecule has 102 valence electrons. The molecule has 2 aromatic rings. The van der Waals surface area contributed by atoms with Gasteiger partial charge in [-0.3, -0.25) is 4.98 Å². The lowest BCUT2D eigenvalue weighted by atomic mass is 9.93. The minimum absolute atomic E-state index is 0.0844. The Morgan fingerprint density at radius 2 is 2.11 bits per heavy atom. The zero-order chi connectivity index (χ0) is 14.0. The van der Waals surface area contributed by atoms with Gasteiger partial charge in [0, 0.05) is 23.4 Å². The molecular weight excluding hydrogens is 254 g/mol. The van der Waals surface area contributed by atoms with Crippen LogP contribution in [0.15, 0.2) is 23.7 Å². The first kappa shape index (κ1) is 14.2. The molecule has 1 unspecified atom stereocenters. The summed E-state index contributed by atoms with van der Waals surface area (Å²) >= 11 is 1.68. The van der Waals surface area contributed by atoms with Crippen LogP contribution in [0.4, 0.5) is 0 Å². The van der Waals surface area contributed by atoms with Gasteiger partial charge >= 0.3 is 0 Å². The van der Waals surface area contributed by atoms with Crippen LogP contribution in [-0.2, 0) is 11.8 Å². The van der Waals surface area contributed by atoms with Gasteiger partial charge in [0.25, 0.3) is 0 Å². The van der Waals surface area contributed by atoms with Crippen molar-refractivity contribution in [3.05, 3.63) is 45.7 Å². The molecule has 0 aromatic carbocycles. The molecule has 0 aliphatic rings. The van der Waals surface area contributed by atoms with Crippen molar-refractivity contribution in [2.45, 2.75) is 45.6 Å². The van der Waals surface area contributed by atoms with Crippen molar-refractivity contribution in [3.63, 3.8) is 0 Å². The smallest absolute Gasteiger partial charge is 0.0948 e. The second-order valence-electron chi connectivity index (χ2n) is 5.95. The van der Waals surface area contributed by atoms with Gasteiger partial charge in [0.2, 0.25) is 0 Å². The Kier molecular flexibility index (Phi) is 4.02. The van der Waals surface area contributed by atoms with Crippen LogP contribution in [0.1, 0.15) is 48.8 Å². The molecule has 0 aliphatic heterocycles. The first-order valence-corrected chi connectivity index (χ1v) is 7.37. The fourth-order valence-corrected chi connectivity index (χ4v) is 2.88. The van der Waals surface area contributed by atoms with Crippen molar-refractivity contribution in [2.75, 3.05) is 0 Å². The summed E-state index contributed by atoms with van der Waals surface area (Å²) in [6, 6.07) is 3.94. The van der Waals surface area contributed by atoms with E-state index in [1.54, 1.807) is 11.3 Å². The average molecular weight is 275 g/mol. The number of hydrogen-bond donors (Lipinski definition) is 1. The molecule has 3 nitrogen and oxygen atoms in total. The van der Waals surface area contributed by atoms with Crippen LogP contribution in [0.2, 0.25) is 0 Å². The van der Waals surface area contributed by atoms with E-state index in [2.05, 4.69) is 43.0 Å². The van der Waals surface area contributed by atoms with Crippen molar-refractivity contribution >= 4 is 11.3 Å². The van der Waals surface area contributed by atoms with E-state index in [1.807, 2.05) is 18.3 Å². The van der Waals surface area contributed by atoms with Crippen LogP contribution in [0.25, 0.3) is 0 Å². The van der Waals surface area contributed by atoms with E-state index in [4.69, 9.17) is 5.73 Å². The lowest BCUT2D eigenvalue weighted by Crippen LogP contribution is -2.16. The Hall–Kier alpha value is -1.26. The molecule has 1 atom stereocenters. The maximum absolute atomic E-state index is 6.22. The summed E-state index contributed by atoms with van der Waals surface area (Å²) in [7, 11) is 0.